The van der Waals surface area contributed by atoms with Crippen molar-refractivity contribution in [3.63, 3.8) is 0 Å². The highest BCUT2D eigenvalue weighted by Crippen LogP contribution is 2.26. The molecule has 19 heavy (non-hydrogen) atoms. The molecule has 1 aromatic carbocycles. The highest BCUT2D eigenvalue weighted by molar-refractivity contribution is 7.85. The van der Waals surface area contributed by atoms with E-state index in [1.54, 1.807) is 12.1 Å². The molecule has 1 fully saturated rings. The van der Waals surface area contributed by atoms with Gasteiger partial charge >= 0.3 is 0 Å². The first kappa shape index (κ1) is 16.1. The molecule has 2 N–H and O–H groups in total. The second-order valence-electron chi connectivity index (χ2n) is 4.95. The fraction of sp³-hybridized carbons (Fsp3) is 0.571. The molecule has 0 aromatic heterocycles. The van der Waals surface area contributed by atoms with E-state index in [4.69, 9.17) is 9.66 Å². The van der Waals surface area contributed by atoms with E-state index >= 15 is 0 Å². The van der Waals surface area contributed by atoms with Crippen molar-refractivity contribution in [2.45, 2.75) is 43.9 Å². The summed E-state index contributed by atoms with van der Waals surface area (Å²) in [5.74, 6) is 0.861. The first-order valence-electron chi connectivity index (χ1n) is 6.58. The van der Waals surface area contributed by atoms with Gasteiger partial charge in [0.1, 0.15) is 0 Å². The molecular formula is C14H22O4S. The van der Waals surface area contributed by atoms with Gasteiger partial charge in [-0.3, -0.25) is 4.55 Å². The molecule has 1 saturated carbocycles. The van der Waals surface area contributed by atoms with Crippen LogP contribution in [-0.2, 0) is 10.1 Å². The quantitative estimate of drug-likeness (QED) is 0.838. The van der Waals surface area contributed by atoms with E-state index in [0.717, 1.165) is 17.9 Å². The third-order valence-corrected chi connectivity index (χ3v) is 4.20. The fourth-order valence-electron chi connectivity index (χ4n) is 2.19. The lowest BCUT2D eigenvalue weighted by Gasteiger charge is -2.02. The van der Waals surface area contributed by atoms with Crippen molar-refractivity contribution in [3.05, 3.63) is 29.8 Å². The van der Waals surface area contributed by atoms with E-state index in [9.17, 15) is 8.42 Å². The van der Waals surface area contributed by atoms with Crippen LogP contribution in [0.25, 0.3) is 0 Å². The second kappa shape index (κ2) is 7.62. The maximum absolute atomic E-state index is 10.5. The summed E-state index contributed by atoms with van der Waals surface area (Å²) in [6.07, 6.45) is 6.55. The van der Waals surface area contributed by atoms with E-state index < -0.39 is 10.1 Å². The molecule has 2 rings (SSSR count). The highest BCUT2D eigenvalue weighted by atomic mass is 32.2. The van der Waals surface area contributed by atoms with Crippen LogP contribution in [0.2, 0.25) is 0 Å². The lowest BCUT2D eigenvalue weighted by atomic mass is 10.1. The van der Waals surface area contributed by atoms with Gasteiger partial charge in [0.05, 0.1) is 4.90 Å². The lowest BCUT2D eigenvalue weighted by molar-refractivity contribution is 0.258. The summed E-state index contributed by atoms with van der Waals surface area (Å²) in [5.41, 5.74) is 0.956. The van der Waals surface area contributed by atoms with E-state index in [1.165, 1.54) is 37.8 Å². The van der Waals surface area contributed by atoms with Gasteiger partial charge in [-0.1, -0.05) is 43.4 Å². The van der Waals surface area contributed by atoms with Crippen molar-refractivity contribution in [1.82, 2.24) is 0 Å². The number of rotatable bonds is 3. The predicted molar refractivity (Wildman–Crippen MR) is 74.7 cm³/mol. The molecule has 0 saturated heterocycles. The Morgan fingerprint density at radius 1 is 1.16 bits per heavy atom. The maximum Gasteiger partial charge on any atom is 0.294 e. The Kier molecular flexibility index (Phi) is 6.48. The summed E-state index contributed by atoms with van der Waals surface area (Å²) >= 11 is 0. The largest absolute Gasteiger partial charge is 0.396 e. The Morgan fingerprint density at radius 2 is 1.68 bits per heavy atom. The zero-order valence-electron chi connectivity index (χ0n) is 11.2. The first-order chi connectivity index (χ1) is 8.93. The number of hydrogen-bond donors (Lipinski definition) is 2. The maximum atomic E-state index is 10.5. The Balaban J connectivity index is 0.000000200. The molecular weight excluding hydrogens is 264 g/mol. The van der Waals surface area contributed by atoms with Crippen LogP contribution in [0.15, 0.2) is 29.2 Å². The average molecular weight is 286 g/mol. The van der Waals surface area contributed by atoms with E-state index in [2.05, 4.69) is 0 Å². The van der Waals surface area contributed by atoms with E-state index in [0.29, 0.717) is 6.61 Å². The van der Waals surface area contributed by atoms with Crippen LogP contribution in [0.1, 0.15) is 37.7 Å². The summed E-state index contributed by atoms with van der Waals surface area (Å²) in [4.78, 5) is -0.0666. The highest BCUT2D eigenvalue weighted by Gasteiger charge is 2.13. The minimum Gasteiger partial charge on any atom is -0.396 e. The van der Waals surface area contributed by atoms with Crippen molar-refractivity contribution in [2.24, 2.45) is 5.92 Å². The number of hydrogen-bond acceptors (Lipinski definition) is 3. The van der Waals surface area contributed by atoms with Gasteiger partial charge in [0.15, 0.2) is 0 Å². The zero-order valence-corrected chi connectivity index (χ0v) is 12.1. The summed E-state index contributed by atoms with van der Waals surface area (Å²) in [5, 5.41) is 8.53. The van der Waals surface area contributed by atoms with Crippen molar-refractivity contribution in [3.8, 4) is 0 Å². The SMILES string of the molecule is Cc1ccc(S(=O)(=O)O)cc1.OCCC1CCCC1. The van der Waals surface area contributed by atoms with Crippen LogP contribution in [0, 0.1) is 12.8 Å². The van der Waals surface area contributed by atoms with Gasteiger partial charge in [0.25, 0.3) is 10.1 Å². The van der Waals surface area contributed by atoms with Crippen LogP contribution in [-0.4, -0.2) is 24.7 Å². The number of aliphatic hydroxyl groups is 1. The van der Waals surface area contributed by atoms with Crippen LogP contribution < -0.4 is 0 Å². The number of aryl methyl sites for hydroxylation is 1. The fourth-order valence-corrected chi connectivity index (χ4v) is 2.67. The van der Waals surface area contributed by atoms with Crippen LogP contribution in [0.3, 0.4) is 0 Å². The molecule has 0 unspecified atom stereocenters. The van der Waals surface area contributed by atoms with Crippen LogP contribution in [0.5, 0.6) is 0 Å². The van der Waals surface area contributed by atoms with Gasteiger partial charge < -0.3 is 5.11 Å². The minimum atomic E-state index is -4.02. The smallest absolute Gasteiger partial charge is 0.294 e. The molecule has 5 heteroatoms. The molecule has 0 bridgehead atoms. The van der Waals surface area contributed by atoms with Gasteiger partial charge in [-0.05, 0) is 31.4 Å². The Labute approximate surface area is 115 Å². The zero-order chi connectivity index (χ0) is 14.3. The third-order valence-electron chi connectivity index (χ3n) is 3.33. The van der Waals surface area contributed by atoms with Gasteiger partial charge in [0.2, 0.25) is 0 Å². The standard InChI is InChI=1S/C7H8O3S.C7H14O/c1-6-2-4-7(5-3-6)11(8,9)10;8-6-5-7-3-1-2-4-7/h2-5H,1H3,(H,8,9,10);7-8H,1-6H2. The summed E-state index contributed by atoms with van der Waals surface area (Å²) in [6, 6.07) is 5.99. The first-order valence-corrected chi connectivity index (χ1v) is 8.02. The normalized spacial score (nSPS) is 15.9. The van der Waals surface area contributed by atoms with Gasteiger partial charge in [-0.15, -0.1) is 0 Å². The third kappa shape index (κ3) is 6.18. The summed E-state index contributed by atoms with van der Waals surface area (Å²) < 4.78 is 29.6. The van der Waals surface area contributed by atoms with Crippen molar-refractivity contribution < 1.29 is 18.1 Å². The average Bonchev–Trinajstić information content (AvgIpc) is 2.83. The van der Waals surface area contributed by atoms with Crippen molar-refractivity contribution in [2.75, 3.05) is 6.61 Å². The van der Waals surface area contributed by atoms with Crippen molar-refractivity contribution >= 4 is 10.1 Å². The van der Waals surface area contributed by atoms with Crippen molar-refractivity contribution in [1.29, 1.82) is 0 Å². The molecule has 0 radical (unpaired) electrons. The topological polar surface area (TPSA) is 74.6 Å². The Bertz CT molecular complexity index is 459. The molecule has 1 aliphatic rings. The van der Waals surface area contributed by atoms with Crippen LogP contribution >= 0.6 is 0 Å². The monoisotopic (exact) mass is 286 g/mol. The number of aliphatic hydroxyl groups excluding tert-OH is 1. The number of benzene rings is 1. The molecule has 108 valence electrons. The lowest BCUT2D eigenvalue weighted by Crippen LogP contribution is -1.96. The summed E-state index contributed by atoms with van der Waals surface area (Å²) in [7, 11) is -4.02. The molecule has 0 heterocycles. The predicted octanol–water partition coefficient (Wildman–Crippen LogP) is 2.80. The van der Waals surface area contributed by atoms with Gasteiger partial charge in [-0.2, -0.15) is 8.42 Å². The Hall–Kier alpha value is -0.910. The molecule has 0 spiro atoms. The van der Waals surface area contributed by atoms with Gasteiger partial charge in [-0.25, -0.2) is 0 Å². The molecule has 0 aliphatic heterocycles. The molecule has 0 atom stereocenters. The summed E-state index contributed by atoms with van der Waals surface area (Å²) in [6.45, 7) is 2.23. The van der Waals surface area contributed by atoms with E-state index in [1.807, 2.05) is 6.92 Å². The molecule has 1 aromatic rings. The van der Waals surface area contributed by atoms with Crippen LogP contribution in [0.4, 0.5) is 0 Å². The second-order valence-corrected chi connectivity index (χ2v) is 6.37. The molecule has 0 amide bonds. The van der Waals surface area contributed by atoms with Gasteiger partial charge in [0, 0.05) is 6.61 Å². The molecule has 1 aliphatic carbocycles. The molecule has 4 nitrogen and oxygen atoms in total. The minimum absolute atomic E-state index is 0.0666. The van der Waals surface area contributed by atoms with E-state index in [-0.39, 0.29) is 4.90 Å². The Morgan fingerprint density at radius 3 is 2.11 bits per heavy atom.